The van der Waals surface area contributed by atoms with Crippen molar-refractivity contribution < 1.29 is 17.6 Å². The Morgan fingerprint density at radius 2 is 1.79 bits per heavy atom. The second-order valence-electron chi connectivity index (χ2n) is 5.35. The van der Waals surface area contributed by atoms with E-state index in [2.05, 4.69) is 15.3 Å². The maximum absolute atomic E-state index is 13.6. The number of aromatic nitrogens is 2. The Labute approximate surface area is 135 Å². The van der Waals surface area contributed by atoms with Crippen molar-refractivity contribution in [1.82, 2.24) is 9.97 Å². The zero-order valence-electron chi connectivity index (χ0n) is 12.7. The first kappa shape index (κ1) is 16.2. The SMILES string of the molecule is Cc1ccc(CNc2nc(C(F)(F)F)nc3ccccc23)cc1F. The van der Waals surface area contributed by atoms with Gasteiger partial charge in [-0.3, -0.25) is 0 Å². The Balaban J connectivity index is 1.96. The molecule has 2 aromatic carbocycles. The lowest BCUT2D eigenvalue weighted by Gasteiger charge is -2.12. The van der Waals surface area contributed by atoms with Crippen molar-refractivity contribution in [2.45, 2.75) is 19.6 Å². The number of benzene rings is 2. The van der Waals surface area contributed by atoms with Gasteiger partial charge in [0, 0.05) is 11.9 Å². The fraction of sp³-hybridized carbons (Fsp3) is 0.176. The van der Waals surface area contributed by atoms with Crippen LogP contribution in [0.2, 0.25) is 0 Å². The maximum atomic E-state index is 13.6. The van der Waals surface area contributed by atoms with Crippen molar-refractivity contribution >= 4 is 16.7 Å². The first-order chi connectivity index (χ1) is 11.3. The lowest BCUT2D eigenvalue weighted by molar-refractivity contribution is -0.144. The normalized spacial score (nSPS) is 11.7. The minimum absolute atomic E-state index is 0.0638. The molecule has 0 amide bonds. The largest absolute Gasteiger partial charge is 0.451 e. The third-order valence-corrected chi connectivity index (χ3v) is 3.55. The van der Waals surface area contributed by atoms with E-state index in [1.54, 1.807) is 37.3 Å². The Bertz CT molecular complexity index is 891. The van der Waals surface area contributed by atoms with Crippen LogP contribution in [-0.4, -0.2) is 9.97 Å². The van der Waals surface area contributed by atoms with Crippen molar-refractivity contribution in [1.29, 1.82) is 0 Å². The average molecular weight is 335 g/mol. The molecule has 3 aromatic rings. The molecular formula is C17H13F4N3. The van der Waals surface area contributed by atoms with Gasteiger partial charge in [-0.1, -0.05) is 24.3 Å². The fourth-order valence-corrected chi connectivity index (χ4v) is 2.27. The molecule has 0 bridgehead atoms. The fourth-order valence-electron chi connectivity index (χ4n) is 2.27. The predicted molar refractivity (Wildman–Crippen MR) is 83.0 cm³/mol. The number of rotatable bonds is 3. The molecule has 0 aliphatic rings. The molecule has 1 aromatic heterocycles. The predicted octanol–water partition coefficient (Wildman–Crippen LogP) is 4.71. The number of hydrogen-bond acceptors (Lipinski definition) is 3. The summed E-state index contributed by atoms with van der Waals surface area (Å²) in [6, 6.07) is 11.1. The minimum atomic E-state index is -4.64. The van der Waals surface area contributed by atoms with Crippen LogP contribution >= 0.6 is 0 Å². The smallest absolute Gasteiger partial charge is 0.365 e. The summed E-state index contributed by atoms with van der Waals surface area (Å²) in [7, 11) is 0. The Morgan fingerprint density at radius 1 is 1.04 bits per heavy atom. The minimum Gasteiger partial charge on any atom is -0.365 e. The van der Waals surface area contributed by atoms with Gasteiger partial charge in [0.2, 0.25) is 5.82 Å². The monoisotopic (exact) mass is 335 g/mol. The summed E-state index contributed by atoms with van der Waals surface area (Å²) in [5.41, 5.74) is 1.30. The van der Waals surface area contributed by atoms with Gasteiger partial charge in [-0.05, 0) is 36.2 Å². The van der Waals surface area contributed by atoms with E-state index < -0.39 is 12.0 Å². The molecule has 124 valence electrons. The molecule has 24 heavy (non-hydrogen) atoms. The van der Waals surface area contributed by atoms with Crippen LogP contribution in [0.5, 0.6) is 0 Å². The molecule has 0 spiro atoms. The molecule has 0 atom stereocenters. The van der Waals surface area contributed by atoms with Crippen LogP contribution in [0.1, 0.15) is 17.0 Å². The van der Waals surface area contributed by atoms with E-state index in [1.165, 1.54) is 12.1 Å². The summed E-state index contributed by atoms with van der Waals surface area (Å²) in [6.45, 7) is 1.79. The number of hydrogen-bond donors (Lipinski definition) is 1. The van der Waals surface area contributed by atoms with Gasteiger partial charge in [0.15, 0.2) is 0 Å². The quantitative estimate of drug-likeness (QED) is 0.705. The highest BCUT2D eigenvalue weighted by Gasteiger charge is 2.35. The number of fused-ring (bicyclic) bond motifs is 1. The molecule has 3 nitrogen and oxygen atoms in total. The molecule has 0 radical (unpaired) electrons. The highest BCUT2D eigenvalue weighted by atomic mass is 19.4. The van der Waals surface area contributed by atoms with Crippen molar-refractivity contribution in [2.75, 3.05) is 5.32 Å². The number of nitrogens with zero attached hydrogens (tertiary/aromatic N) is 2. The summed E-state index contributed by atoms with van der Waals surface area (Å²) < 4.78 is 52.4. The molecule has 0 unspecified atom stereocenters. The number of anilines is 1. The molecule has 0 aliphatic carbocycles. The molecule has 3 rings (SSSR count). The summed E-state index contributed by atoms with van der Waals surface area (Å²) >= 11 is 0. The van der Waals surface area contributed by atoms with Crippen molar-refractivity contribution in [3.8, 4) is 0 Å². The number of aryl methyl sites for hydroxylation is 1. The summed E-state index contributed by atoms with van der Waals surface area (Å²) in [5, 5.41) is 3.32. The van der Waals surface area contributed by atoms with Gasteiger partial charge < -0.3 is 5.32 Å². The first-order valence-corrected chi connectivity index (χ1v) is 7.17. The Morgan fingerprint density at radius 3 is 2.50 bits per heavy atom. The van der Waals surface area contributed by atoms with Gasteiger partial charge in [-0.25, -0.2) is 14.4 Å². The lowest BCUT2D eigenvalue weighted by atomic mass is 10.1. The Kier molecular flexibility index (Phi) is 4.09. The van der Waals surface area contributed by atoms with Crippen molar-refractivity contribution in [3.63, 3.8) is 0 Å². The van der Waals surface area contributed by atoms with Gasteiger partial charge in [-0.15, -0.1) is 0 Å². The molecule has 0 saturated heterocycles. The third kappa shape index (κ3) is 3.29. The van der Waals surface area contributed by atoms with Crippen LogP contribution in [0.3, 0.4) is 0 Å². The lowest BCUT2D eigenvalue weighted by Crippen LogP contribution is -2.13. The van der Waals surface area contributed by atoms with Crippen LogP contribution in [0, 0.1) is 12.7 Å². The maximum Gasteiger partial charge on any atom is 0.451 e. The van der Waals surface area contributed by atoms with Gasteiger partial charge in [0.25, 0.3) is 0 Å². The van der Waals surface area contributed by atoms with Gasteiger partial charge in [0.1, 0.15) is 11.6 Å². The van der Waals surface area contributed by atoms with Crippen LogP contribution in [-0.2, 0) is 12.7 Å². The summed E-state index contributed by atoms with van der Waals surface area (Å²) in [4.78, 5) is 7.14. The summed E-state index contributed by atoms with van der Waals surface area (Å²) in [5.74, 6) is -1.51. The van der Waals surface area contributed by atoms with E-state index in [0.717, 1.165) is 0 Å². The van der Waals surface area contributed by atoms with E-state index in [-0.39, 0.29) is 23.7 Å². The van der Waals surface area contributed by atoms with Crippen LogP contribution in [0.25, 0.3) is 10.9 Å². The molecule has 0 aliphatic heterocycles. The highest BCUT2D eigenvalue weighted by molar-refractivity contribution is 5.89. The van der Waals surface area contributed by atoms with E-state index in [1.807, 2.05) is 0 Å². The van der Waals surface area contributed by atoms with E-state index in [9.17, 15) is 17.6 Å². The molecule has 0 fully saturated rings. The number of halogens is 4. The molecule has 1 N–H and O–H groups in total. The summed E-state index contributed by atoms with van der Waals surface area (Å²) in [6.07, 6.45) is -4.64. The highest BCUT2D eigenvalue weighted by Crippen LogP contribution is 2.30. The number of alkyl halides is 3. The first-order valence-electron chi connectivity index (χ1n) is 7.17. The second-order valence-corrected chi connectivity index (χ2v) is 5.35. The standard InChI is InChI=1S/C17H13F4N3/c1-10-6-7-11(8-13(10)18)9-22-15-12-4-2-3-5-14(12)23-16(24-15)17(19,20)21/h2-8H,9H2,1H3,(H,22,23,24). The van der Waals surface area contributed by atoms with Gasteiger partial charge in [0.05, 0.1) is 5.52 Å². The van der Waals surface area contributed by atoms with Crippen LogP contribution in [0.15, 0.2) is 42.5 Å². The number of para-hydroxylation sites is 1. The topological polar surface area (TPSA) is 37.8 Å². The second kappa shape index (κ2) is 6.07. The average Bonchev–Trinajstić information content (AvgIpc) is 2.54. The van der Waals surface area contributed by atoms with Crippen molar-refractivity contribution in [3.05, 3.63) is 65.2 Å². The third-order valence-electron chi connectivity index (χ3n) is 3.55. The van der Waals surface area contributed by atoms with Crippen molar-refractivity contribution in [2.24, 2.45) is 0 Å². The zero-order valence-corrected chi connectivity index (χ0v) is 12.7. The van der Waals surface area contributed by atoms with E-state index in [0.29, 0.717) is 16.5 Å². The number of nitrogens with one attached hydrogen (secondary N) is 1. The zero-order chi connectivity index (χ0) is 17.3. The van der Waals surface area contributed by atoms with E-state index in [4.69, 9.17) is 0 Å². The molecular weight excluding hydrogens is 322 g/mol. The van der Waals surface area contributed by atoms with Crippen LogP contribution < -0.4 is 5.32 Å². The molecule has 0 saturated carbocycles. The van der Waals surface area contributed by atoms with Gasteiger partial charge >= 0.3 is 6.18 Å². The van der Waals surface area contributed by atoms with E-state index >= 15 is 0 Å². The van der Waals surface area contributed by atoms with Crippen LogP contribution in [0.4, 0.5) is 23.4 Å². The van der Waals surface area contributed by atoms with Gasteiger partial charge in [-0.2, -0.15) is 13.2 Å². The molecule has 7 heteroatoms. The Hall–Kier alpha value is -2.70. The molecule has 1 heterocycles.